The van der Waals surface area contributed by atoms with Gasteiger partial charge in [-0.05, 0) is 45.7 Å². The standard InChI is InChI=1S/C17H25N3O2/c1-13(2)19-9-6-17(7-10-19)14(3)20(16(21)12-22-17)15-5-4-8-18-11-15/h4-5,8,11,13-14H,6-7,9-10,12H2,1-3H3/t14-/m0/s1. The largest absolute Gasteiger partial charge is 0.363 e. The summed E-state index contributed by atoms with van der Waals surface area (Å²) < 4.78 is 6.07. The SMILES string of the molecule is CC(C)N1CCC2(CC1)OCC(=O)N(c1cccnc1)[C@H]2C. The fourth-order valence-corrected chi connectivity index (χ4v) is 3.69. The Morgan fingerprint density at radius 3 is 2.68 bits per heavy atom. The van der Waals surface area contributed by atoms with E-state index < -0.39 is 0 Å². The summed E-state index contributed by atoms with van der Waals surface area (Å²) in [5, 5.41) is 0. The Morgan fingerprint density at radius 2 is 2.09 bits per heavy atom. The summed E-state index contributed by atoms with van der Waals surface area (Å²) in [7, 11) is 0. The Kier molecular flexibility index (Phi) is 4.19. The Morgan fingerprint density at radius 1 is 1.36 bits per heavy atom. The molecule has 22 heavy (non-hydrogen) atoms. The molecule has 2 aliphatic heterocycles. The minimum atomic E-state index is -0.227. The number of nitrogens with zero attached hydrogens (tertiary/aromatic N) is 3. The van der Waals surface area contributed by atoms with E-state index in [1.807, 2.05) is 17.0 Å². The van der Waals surface area contributed by atoms with E-state index in [0.717, 1.165) is 31.6 Å². The van der Waals surface area contributed by atoms with Crippen molar-refractivity contribution >= 4 is 11.6 Å². The van der Waals surface area contributed by atoms with Gasteiger partial charge in [-0.2, -0.15) is 0 Å². The van der Waals surface area contributed by atoms with Crippen LogP contribution >= 0.6 is 0 Å². The molecule has 2 fully saturated rings. The van der Waals surface area contributed by atoms with Gasteiger partial charge in [-0.25, -0.2) is 0 Å². The van der Waals surface area contributed by atoms with Gasteiger partial charge in [-0.15, -0.1) is 0 Å². The molecule has 3 rings (SSSR count). The number of carbonyl (C=O) groups is 1. The van der Waals surface area contributed by atoms with Gasteiger partial charge in [-0.3, -0.25) is 9.78 Å². The quantitative estimate of drug-likeness (QED) is 0.839. The summed E-state index contributed by atoms with van der Waals surface area (Å²) >= 11 is 0. The molecule has 120 valence electrons. The lowest BCUT2D eigenvalue weighted by atomic mass is 9.82. The molecule has 5 nitrogen and oxygen atoms in total. The van der Waals surface area contributed by atoms with E-state index in [1.165, 1.54) is 0 Å². The molecule has 2 aliphatic rings. The fraction of sp³-hybridized carbons (Fsp3) is 0.647. The highest BCUT2D eigenvalue weighted by Crippen LogP contribution is 2.37. The lowest BCUT2D eigenvalue weighted by Crippen LogP contribution is -2.64. The van der Waals surface area contributed by atoms with Crippen LogP contribution < -0.4 is 4.90 Å². The topological polar surface area (TPSA) is 45.7 Å². The zero-order chi connectivity index (χ0) is 15.7. The molecular weight excluding hydrogens is 278 g/mol. The lowest BCUT2D eigenvalue weighted by Gasteiger charge is -2.52. The summed E-state index contributed by atoms with van der Waals surface area (Å²) in [6.45, 7) is 8.79. The second-order valence-corrected chi connectivity index (χ2v) is 6.63. The average molecular weight is 303 g/mol. The highest BCUT2D eigenvalue weighted by atomic mass is 16.5. The van der Waals surface area contributed by atoms with E-state index in [0.29, 0.717) is 6.04 Å². The molecular formula is C17H25N3O2. The molecule has 1 spiro atoms. The molecule has 0 N–H and O–H groups in total. The van der Waals surface area contributed by atoms with Crippen molar-refractivity contribution < 1.29 is 9.53 Å². The first-order valence-electron chi connectivity index (χ1n) is 8.13. The number of hydrogen-bond donors (Lipinski definition) is 0. The van der Waals surface area contributed by atoms with Crippen LogP contribution in [0.1, 0.15) is 33.6 Å². The maximum atomic E-state index is 12.4. The summed E-state index contributed by atoms with van der Waals surface area (Å²) in [6.07, 6.45) is 5.43. The summed E-state index contributed by atoms with van der Waals surface area (Å²) in [5.41, 5.74) is 0.642. The molecule has 0 aliphatic carbocycles. The van der Waals surface area contributed by atoms with Crippen LogP contribution in [0.3, 0.4) is 0 Å². The van der Waals surface area contributed by atoms with Gasteiger partial charge in [0.05, 0.1) is 23.5 Å². The van der Waals surface area contributed by atoms with Crippen molar-refractivity contribution in [2.24, 2.45) is 0 Å². The highest BCUT2D eigenvalue weighted by molar-refractivity contribution is 5.95. The Balaban J connectivity index is 1.82. The number of ether oxygens (including phenoxy) is 1. The fourth-order valence-electron chi connectivity index (χ4n) is 3.69. The molecule has 0 radical (unpaired) electrons. The molecule has 0 aromatic carbocycles. The monoisotopic (exact) mass is 303 g/mol. The van der Waals surface area contributed by atoms with Crippen LogP contribution in [0.5, 0.6) is 0 Å². The van der Waals surface area contributed by atoms with Crippen molar-refractivity contribution in [3.63, 3.8) is 0 Å². The molecule has 1 amide bonds. The molecule has 1 aromatic rings. The lowest BCUT2D eigenvalue weighted by molar-refractivity contribution is -0.153. The van der Waals surface area contributed by atoms with Crippen molar-refractivity contribution in [3.8, 4) is 0 Å². The van der Waals surface area contributed by atoms with Crippen molar-refractivity contribution in [1.29, 1.82) is 0 Å². The van der Waals surface area contributed by atoms with Crippen LogP contribution in [-0.4, -0.2) is 53.2 Å². The van der Waals surface area contributed by atoms with Crippen LogP contribution in [0, 0.1) is 0 Å². The minimum absolute atomic E-state index is 0.0254. The predicted octanol–water partition coefficient (Wildman–Crippen LogP) is 2.08. The predicted molar refractivity (Wildman–Crippen MR) is 85.8 cm³/mol. The van der Waals surface area contributed by atoms with E-state index in [4.69, 9.17) is 4.74 Å². The number of rotatable bonds is 2. The Labute approximate surface area is 132 Å². The van der Waals surface area contributed by atoms with Gasteiger partial charge < -0.3 is 14.5 Å². The van der Waals surface area contributed by atoms with Crippen LogP contribution in [0.25, 0.3) is 0 Å². The third-order valence-corrected chi connectivity index (χ3v) is 5.20. The van der Waals surface area contributed by atoms with Crippen LogP contribution in [0.4, 0.5) is 5.69 Å². The minimum Gasteiger partial charge on any atom is -0.363 e. The normalized spacial score (nSPS) is 25.9. The Hall–Kier alpha value is -1.46. The zero-order valence-electron chi connectivity index (χ0n) is 13.7. The van der Waals surface area contributed by atoms with Crippen molar-refractivity contribution in [1.82, 2.24) is 9.88 Å². The number of morpholine rings is 1. The van der Waals surface area contributed by atoms with Gasteiger partial charge in [0.25, 0.3) is 5.91 Å². The summed E-state index contributed by atoms with van der Waals surface area (Å²) in [6, 6.07) is 4.42. The van der Waals surface area contributed by atoms with Crippen LogP contribution in [0.15, 0.2) is 24.5 Å². The summed E-state index contributed by atoms with van der Waals surface area (Å²) in [5.74, 6) is 0.0254. The second-order valence-electron chi connectivity index (χ2n) is 6.63. The number of carbonyl (C=O) groups excluding carboxylic acids is 1. The second kappa shape index (κ2) is 5.97. The number of amides is 1. The smallest absolute Gasteiger partial charge is 0.253 e. The molecule has 0 unspecified atom stereocenters. The maximum Gasteiger partial charge on any atom is 0.253 e. The van der Waals surface area contributed by atoms with Gasteiger partial charge in [0, 0.05) is 25.3 Å². The third-order valence-electron chi connectivity index (χ3n) is 5.20. The van der Waals surface area contributed by atoms with Gasteiger partial charge in [0.2, 0.25) is 0 Å². The number of pyridine rings is 1. The summed E-state index contributed by atoms with van der Waals surface area (Å²) in [4.78, 5) is 20.9. The molecule has 0 saturated carbocycles. The highest BCUT2D eigenvalue weighted by Gasteiger charge is 2.48. The zero-order valence-corrected chi connectivity index (χ0v) is 13.7. The first-order chi connectivity index (χ1) is 10.5. The van der Waals surface area contributed by atoms with E-state index in [1.54, 1.807) is 12.4 Å². The number of piperidine rings is 1. The van der Waals surface area contributed by atoms with Gasteiger partial charge in [0.15, 0.2) is 0 Å². The van der Waals surface area contributed by atoms with Crippen LogP contribution in [0.2, 0.25) is 0 Å². The maximum absolute atomic E-state index is 12.4. The Bertz CT molecular complexity index is 524. The number of hydrogen-bond acceptors (Lipinski definition) is 4. The number of anilines is 1. The molecule has 1 aromatic heterocycles. The number of likely N-dealkylation sites (tertiary alicyclic amines) is 1. The molecule has 5 heteroatoms. The third kappa shape index (κ3) is 2.63. The van der Waals surface area contributed by atoms with Crippen molar-refractivity contribution in [2.45, 2.75) is 51.3 Å². The average Bonchev–Trinajstić information content (AvgIpc) is 2.53. The van der Waals surface area contributed by atoms with Crippen molar-refractivity contribution in [3.05, 3.63) is 24.5 Å². The molecule has 3 heterocycles. The van der Waals surface area contributed by atoms with E-state index in [9.17, 15) is 4.79 Å². The molecule has 1 atom stereocenters. The first kappa shape index (κ1) is 15.4. The van der Waals surface area contributed by atoms with Gasteiger partial charge in [0.1, 0.15) is 6.61 Å². The van der Waals surface area contributed by atoms with Gasteiger partial charge >= 0.3 is 0 Å². The van der Waals surface area contributed by atoms with Crippen LogP contribution in [-0.2, 0) is 9.53 Å². The molecule has 0 bridgehead atoms. The van der Waals surface area contributed by atoms with E-state index >= 15 is 0 Å². The first-order valence-corrected chi connectivity index (χ1v) is 8.13. The van der Waals surface area contributed by atoms with Crippen molar-refractivity contribution in [2.75, 3.05) is 24.6 Å². The number of aromatic nitrogens is 1. The van der Waals surface area contributed by atoms with E-state index in [-0.39, 0.29) is 24.2 Å². The molecule has 2 saturated heterocycles. The van der Waals surface area contributed by atoms with E-state index in [2.05, 4.69) is 30.7 Å². The van der Waals surface area contributed by atoms with Gasteiger partial charge in [-0.1, -0.05) is 0 Å².